The van der Waals surface area contributed by atoms with Gasteiger partial charge in [-0.25, -0.2) is 4.79 Å². The Hall–Kier alpha value is -1.26. The topological polar surface area (TPSA) is 66.8 Å². The number of aliphatic carboxylic acids is 1. The van der Waals surface area contributed by atoms with E-state index in [2.05, 4.69) is 0 Å². The Morgan fingerprint density at radius 2 is 2.06 bits per heavy atom. The highest BCUT2D eigenvalue weighted by molar-refractivity contribution is 5.68. The van der Waals surface area contributed by atoms with E-state index in [1.165, 1.54) is 0 Å². The van der Waals surface area contributed by atoms with Gasteiger partial charge in [-0.3, -0.25) is 4.79 Å². The number of ether oxygens (including phenoxy) is 1. The van der Waals surface area contributed by atoms with Gasteiger partial charge >= 0.3 is 12.1 Å². The second kappa shape index (κ2) is 5.38. The lowest BCUT2D eigenvalue weighted by Crippen LogP contribution is -2.35. The first-order valence-electron chi connectivity index (χ1n) is 5.97. The first-order chi connectivity index (χ1) is 7.78. The number of likely N-dealkylation sites (tertiary alicyclic amines) is 1. The lowest BCUT2D eigenvalue weighted by Gasteiger charge is -2.24. The molecule has 0 aromatic carbocycles. The predicted molar refractivity (Wildman–Crippen MR) is 62.8 cm³/mol. The van der Waals surface area contributed by atoms with E-state index in [4.69, 9.17) is 9.84 Å². The molecule has 1 atom stereocenters. The van der Waals surface area contributed by atoms with Crippen LogP contribution in [0, 0.1) is 5.92 Å². The third-order valence-corrected chi connectivity index (χ3v) is 2.70. The molecule has 0 aromatic rings. The molecule has 17 heavy (non-hydrogen) atoms. The van der Waals surface area contributed by atoms with Crippen molar-refractivity contribution in [3.8, 4) is 0 Å². The van der Waals surface area contributed by atoms with E-state index in [1.807, 2.05) is 20.8 Å². The van der Waals surface area contributed by atoms with Gasteiger partial charge in [0.25, 0.3) is 0 Å². The first kappa shape index (κ1) is 13.8. The fraction of sp³-hybridized carbons (Fsp3) is 0.833. The zero-order valence-corrected chi connectivity index (χ0v) is 10.7. The van der Waals surface area contributed by atoms with E-state index in [9.17, 15) is 9.59 Å². The summed E-state index contributed by atoms with van der Waals surface area (Å²) in [7, 11) is 0. The molecular formula is C12H21NO4. The van der Waals surface area contributed by atoms with E-state index in [-0.39, 0.29) is 12.5 Å². The van der Waals surface area contributed by atoms with E-state index in [0.717, 1.165) is 6.42 Å². The van der Waals surface area contributed by atoms with Crippen LogP contribution in [0.5, 0.6) is 0 Å². The number of amides is 1. The minimum Gasteiger partial charge on any atom is -0.481 e. The maximum Gasteiger partial charge on any atom is 0.410 e. The molecule has 0 unspecified atom stereocenters. The van der Waals surface area contributed by atoms with Crippen molar-refractivity contribution in [3.05, 3.63) is 0 Å². The van der Waals surface area contributed by atoms with Crippen LogP contribution in [0.1, 0.15) is 40.0 Å². The van der Waals surface area contributed by atoms with Crippen LogP contribution in [0.4, 0.5) is 4.79 Å². The van der Waals surface area contributed by atoms with Gasteiger partial charge in [-0.15, -0.1) is 0 Å². The maximum atomic E-state index is 11.7. The Bertz CT molecular complexity index is 295. The second-order valence-corrected chi connectivity index (χ2v) is 5.51. The minimum atomic E-state index is -0.777. The van der Waals surface area contributed by atoms with Crippen molar-refractivity contribution in [1.29, 1.82) is 0 Å². The Morgan fingerprint density at radius 3 is 2.59 bits per heavy atom. The molecule has 1 rings (SSSR count). The smallest absolute Gasteiger partial charge is 0.410 e. The first-order valence-corrected chi connectivity index (χ1v) is 5.97. The SMILES string of the molecule is CC(C)(C)OC(=O)N1CC[C@@H](CCC(=O)O)C1. The van der Waals surface area contributed by atoms with Crippen LogP contribution < -0.4 is 0 Å². The van der Waals surface area contributed by atoms with Crippen molar-refractivity contribution in [2.75, 3.05) is 13.1 Å². The molecule has 0 aliphatic carbocycles. The molecule has 0 aromatic heterocycles. The van der Waals surface area contributed by atoms with Crippen molar-refractivity contribution in [2.24, 2.45) is 5.92 Å². The number of nitrogens with zero attached hydrogens (tertiary/aromatic N) is 1. The molecule has 0 bridgehead atoms. The summed E-state index contributed by atoms with van der Waals surface area (Å²) in [6, 6.07) is 0. The van der Waals surface area contributed by atoms with Gasteiger partial charge in [-0.2, -0.15) is 0 Å². The van der Waals surface area contributed by atoms with Crippen LogP contribution >= 0.6 is 0 Å². The zero-order chi connectivity index (χ0) is 13.1. The number of hydrogen-bond donors (Lipinski definition) is 1. The van der Waals surface area contributed by atoms with Gasteiger partial charge in [0.2, 0.25) is 0 Å². The molecule has 1 aliphatic heterocycles. The van der Waals surface area contributed by atoms with Crippen LogP contribution in [-0.4, -0.2) is 40.8 Å². The minimum absolute atomic E-state index is 0.173. The Morgan fingerprint density at radius 1 is 1.41 bits per heavy atom. The predicted octanol–water partition coefficient (Wildman–Crippen LogP) is 2.11. The molecule has 0 radical (unpaired) electrons. The fourth-order valence-corrected chi connectivity index (χ4v) is 1.89. The van der Waals surface area contributed by atoms with Gasteiger partial charge in [0, 0.05) is 19.5 Å². The number of rotatable bonds is 3. The number of carboxylic acids is 1. The van der Waals surface area contributed by atoms with Gasteiger partial charge in [-0.05, 0) is 39.5 Å². The summed E-state index contributed by atoms with van der Waals surface area (Å²) >= 11 is 0. The molecule has 1 N–H and O–H groups in total. The molecule has 1 amide bonds. The summed E-state index contributed by atoms with van der Waals surface area (Å²) in [5.41, 5.74) is -0.476. The van der Waals surface area contributed by atoms with Crippen molar-refractivity contribution in [1.82, 2.24) is 4.90 Å². The number of carbonyl (C=O) groups excluding carboxylic acids is 1. The van der Waals surface area contributed by atoms with Crippen molar-refractivity contribution in [3.63, 3.8) is 0 Å². The Kier molecular flexibility index (Phi) is 4.37. The highest BCUT2D eigenvalue weighted by Crippen LogP contribution is 2.22. The third-order valence-electron chi connectivity index (χ3n) is 2.70. The average molecular weight is 243 g/mol. The summed E-state index contributed by atoms with van der Waals surface area (Å²) in [5, 5.41) is 8.60. The van der Waals surface area contributed by atoms with Crippen LogP contribution in [0.2, 0.25) is 0 Å². The van der Waals surface area contributed by atoms with Gasteiger partial charge in [-0.1, -0.05) is 0 Å². The van der Waals surface area contributed by atoms with E-state index in [1.54, 1.807) is 4.90 Å². The molecule has 1 heterocycles. The Balaban J connectivity index is 2.34. The molecule has 98 valence electrons. The molecule has 0 saturated carbocycles. The summed E-state index contributed by atoms with van der Waals surface area (Å²) in [5.74, 6) is -0.487. The third kappa shape index (κ3) is 5.06. The van der Waals surface area contributed by atoms with Crippen LogP contribution in [0.15, 0.2) is 0 Å². The number of carboxylic acid groups (broad SMARTS) is 1. The second-order valence-electron chi connectivity index (χ2n) is 5.51. The van der Waals surface area contributed by atoms with Crippen molar-refractivity contribution in [2.45, 2.75) is 45.6 Å². The highest BCUT2D eigenvalue weighted by atomic mass is 16.6. The van der Waals surface area contributed by atoms with Gasteiger partial charge in [0.15, 0.2) is 0 Å². The van der Waals surface area contributed by atoms with Crippen LogP contribution in [-0.2, 0) is 9.53 Å². The van der Waals surface area contributed by atoms with Crippen molar-refractivity contribution >= 4 is 12.1 Å². The largest absolute Gasteiger partial charge is 0.481 e. The maximum absolute atomic E-state index is 11.7. The van der Waals surface area contributed by atoms with E-state index < -0.39 is 11.6 Å². The number of hydrogen-bond acceptors (Lipinski definition) is 3. The standard InChI is InChI=1S/C12H21NO4/c1-12(2,3)17-11(16)13-7-6-9(8-13)4-5-10(14)15/h9H,4-8H2,1-3H3,(H,14,15)/t9-/m1/s1. The molecule has 1 saturated heterocycles. The zero-order valence-electron chi connectivity index (χ0n) is 10.7. The summed E-state index contributed by atoms with van der Waals surface area (Å²) in [6.45, 7) is 6.79. The lowest BCUT2D eigenvalue weighted by molar-refractivity contribution is -0.137. The normalized spacial score (nSPS) is 20.4. The van der Waals surface area contributed by atoms with Gasteiger partial charge in [0.1, 0.15) is 5.60 Å². The summed E-state index contributed by atoms with van der Waals surface area (Å²) in [4.78, 5) is 23.9. The fourth-order valence-electron chi connectivity index (χ4n) is 1.89. The average Bonchev–Trinajstić information content (AvgIpc) is 2.60. The summed E-state index contributed by atoms with van der Waals surface area (Å²) < 4.78 is 5.27. The Labute approximate surface area is 102 Å². The molecule has 0 spiro atoms. The van der Waals surface area contributed by atoms with Crippen LogP contribution in [0.3, 0.4) is 0 Å². The van der Waals surface area contributed by atoms with Gasteiger partial charge in [0.05, 0.1) is 0 Å². The lowest BCUT2D eigenvalue weighted by atomic mass is 10.0. The molecule has 1 fully saturated rings. The van der Waals surface area contributed by atoms with Gasteiger partial charge < -0.3 is 14.7 Å². The van der Waals surface area contributed by atoms with E-state index in [0.29, 0.717) is 25.4 Å². The van der Waals surface area contributed by atoms with Crippen LogP contribution in [0.25, 0.3) is 0 Å². The quantitative estimate of drug-likeness (QED) is 0.824. The molecule has 5 heteroatoms. The van der Waals surface area contributed by atoms with E-state index >= 15 is 0 Å². The summed E-state index contributed by atoms with van der Waals surface area (Å²) in [6.07, 6.45) is 1.38. The molecular weight excluding hydrogens is 222 g/mol. The molecule has 5 nitrogen and oxygen atoms in total. The molecule has 1 aliphatic rings. The van der Waals surface area contributed by atoms with Crippen molar-refractivity contribution < 1.29 is 19.4 Å². The number of carbonyl (C=O) groups is 2. The monoisotopic (exact) mass is 243 g/mol. The highest BCUT2D eigenvalue weighted by Gasteiger charge is 2.29.